The summed E-state index contributed by atoms with van der Waals surface area (Å²) in [4.78, 5) is 16.7. The molecule has 0 aliphatic carbocycles. The number of nitrogens with zero attached hydrogens (tertiary/aromatic N) is 2. The minimum atomic E-state index is -0.273. The Morgan fingerprint density at radius 1 is 1.08 bits per heavy atom. The van der Waals surface area contributed by atoms with E-state index in [-0.39, 0.29) is 6.03 Å². The van der Waals surface area contributed by atoms with Gasteiger partial charge in [0.25, 0.3) is 0 Å². The van der Waals surface area contributed by atoms with E-state index in [0.717, 1.165) is 39.7 Å². The topological polar surface area (TPSA) is 59.0 Å². The molecule has 0 aliphatic heterocycles. The van der Waals surface area contributed by atoms with Crippen molar-refractivity contribution in [1.82, 2.24) is 9.55 Å². The molecule has 2 N–H and O–H groups in total. The zero-order valence-electron chi connectivity index (χ0n) is 13.9. The van der Waals surface area contributed by atoms with Crippen LogP contribution in [0.25, 0.3) is 21.8 Å². The molecule has 5 nitrogen and oxygen atoms in total. The first-order valence-electron chi connectivity index (χ1n) is 8.25. The van der Waals surface area contributed by atoms with E-state index in [1.807, 2.05) is 42.5 Å². The summed E-state index contributed by atoms with van der Waals surface area (Å²) in [6, 6.07) is 17.2. The highest BCUT2D eigenvalue weighted by molar-refractivity contribution is 6.06. The lowest BCUT2D eigenvalue weighted by molar-refractivity contribution is 0.262. The molecule has 2 heterocycles. The van der Waals surface area contributed by atoms with E-state index in [9.17, 15) is 4.79 Å². The Hall–Kier alpha value is -3.34. The number of aromatic nitrogens is 2. The zero-order chi connectivity index (χ0) is 17.2. The summed E-state index contributed by atoms with van der Waals surface area (Å²) in [6.45, 7) is 3.03. The fraction of sp³-hybridized carbons (Fsp3) is 0.100. The average molecular weight is 330 g/mol. The van der Waals surface area contributed by atoms with E-state index >= 15 is 0 Å². The van der Waals surface area contributed by atoms with E-state index in [4.69, 9.17) is 0 Å². The molecule has 2 amide bonds. The number of benzene rings is 2. The number of para-hydroxylation sites is 1. The van der Waals surface area contributed by atoms with Crippen molar-refractivity contribution >= 4 is 39.2 Å². The number of anilines is 2. The highest BCUT2D eigenvalue weighted by Gasteiger charge is 2.07. The number of pyridine rings is 1. The van der Waals surface area contributed by atoms with E-state index in [0.29, 0.717) is 0 Å². The standard InChI is InChI=1S/C20H18N4O/c1-2-24-12-10-14-13-15(7-8-19(14)24)22-20(25)23-18-9-11-21-17-6-4-3-5-16(17)18/h3-13H,2H2,1H3,(H2,21,22,23,25). The van der Waals surface area contributed by atoms with Crippen LogP contribution in [0.3, 0.4) is 0 Å². The lowest BCUT2D eigenvalue weighted by Gasteiger charge is -2.10. The summed E-state index contributed by atoms with van der Waals surface area (Å²) in [7, 11) is 0. The highest BCUT2D eigenvalue weighted by Crippen LogP contribution is 2.23. The smallest absolute Gasteiger partial charge is 0.323 e. The van der Waals surface area contributed by atoms with Gasteiger partial charge in [-0.15, -0.1) is 0 Å². The number of carbonyl (C=O) groups is 1. The first kappa shape index (κ1) is 15.2. The lowest BCUT2D eigenvalue weighted by Crippen LogP contribution is -2.19. The SMILES string of the molecule is CCn1ccc2cc(NC(=O)Nc3ccnc4ccccc34)ccc21. The molecule has 0 fully saturated rings. The molecule has 0 atom stereocenters. The fourth-order valence-corrected chi connectivity index (χ4v) is 3.04. The second-order valence-corrected chi connectivity index (χ2v) is 5.83. The van der Waals surface area contributed by atoms with Crippen molar-refractivity contribution < 1.29 is 4.79 Å². The lowest BCUT2D eigenvalue weighted by atomic mass is 10.2. The summed E-state index contributed by atoms with van der Waals surface area (Å²) in [5, 5.41) is 7.82. The largest absolute Gasteiger partial charge is 0.348 e. The molecular weight excluding hydrogens is 312 g/mol. The predicted molar refractivity (Wildman–Crippen MR) is 102 cm³/mol. The number of hydrogen-bond donors (Lipinski definition) is 2. The summed E-state index contributed by atoms with van der Waals surface area (Å²) in [5.41, 5.74) is 3.51. The first-order chi connectivity index (χ1) is 12.2. The van der Waals surface area contributed by atoms with Gasteiger partial charge < -0.3 is 15.2 Å². The Labute approximate surface area is 145 Å². The Bertz CT molecular complexity index is 1060. The molecule has 0 radical (unpaired) electrons. The van der Waals surface area contributed by atoms with Gasteiger partial charge in [-0.1, -0.05) is 18.2 Å². The Morgan fingerprint density at radius 3 is 2.84 bits per heavy atom. The van der Waals surface area contributed by atoms with Crippen LogP contribution in [0.1, 0.15) is 6.92 Å². The number of rotatable bonds is 3. The van der Waals surface area contributed by atoms with Gasteiger partial charge in [-0.05, 0) is 43.3 Å². The number of hydrogen-bond acceptors (Lipinski definition) is 2. The molecule has 0 bridgehead atoms. The van der Waals surface area contributed by atoms with Crippen LogP contribution in [0.4, 0.5) is 16.2 Å². The van der Waals surface area contributed by atoms with E-state index in [2.05, 4.69) is 39.4 Å². The van der Waals surface area contributed by atoms with Gasteiger partial charge in [0.1, 0.15) is 0 Å². The maximum absolute atomic E-state index is 12.4. The average Bonchev–Trinajstić information content (AvgIpc) is 3.04. The third-order valence-corrected chi connectivity index (χ3v) is 4.27. The number of urea groups is 1. The fourth-order valence-electron chi connectivity index (χ4n) is 3.04. The minimum absolute atomic E-state index is 0.273. The van der Waals surface area contributed by atoms with Gasteiger partial charge in [-0.3, -0.25) is 4.98 Å². The second-order valence-electron chi connectivity index (χ2n) is 5.83. The number of aryl methyl sites for hydroxylation is 1. The maximum atomic E-state index is 12.4. The van der Waals surface area contributed by atoms with Crippen LogP contribution in [0.2, 0.25) is 0 Å². The van der Waals surface area contributed by atoms with E-state index < -0.39 is 0 Å². The van der Waals surface area contributed by atoms with Crippen molar-refractivity contribution in [2.75, 3.05) is 10.6 Å². The summed E-state index contributed by atoms with van der Waals surface area (Å²) in [6.07, 6.45) is 3.75. The molecule has 0 unspecified atom stereocenters. The quantitative estimate of drug-likeness (QED) is 0.564. The van der Waals surface area contributed by atoms with Crippen molar-refractivity contribution in [3.8, 4) is 0 Å². The van der Waals surface area contributed by atoms with Crippen LogP contribution < -0.4 is 10.6 Å². The van der Waals surface area contributed by atoms with Crippen LogP contribution in [-0.4, -0.2) is 15.6 Å². The van der Waals surface area contributed by atoms with E-state index in [1.165, 1.54) is 0 Å². The summed E-state index contributed by atoms with van der Waals surface area (Å²) < 4.78 is 2.17. The summed E-state index contributed by atoms with van der Waals surface area (Å²) in [5.74, 6) is 0. The molecule has 4 aromatic rings. The van der Waals surface area contributed by atoms with Crippen molar-refractivity contribution in [3.63, 3.8) is 0 Å². The Balaban J connectivity index is 1.55. The first-order valence-corrected chi connectivity index (χ1v) is 8.25. The van der Waals surface area contributed by atoms with Crippen LogP contribution in [0.15, 0.2) is 67.0 Å². The van der Waals surface area contributed by atoms with Crippen LogP contribution in [-0.2, 0) is 6.54 Å². The van der Waals surface area contributed by atoms with Gasteiger partial charge in [0, 0.05) is 40.9 Å². The number of amides is 2. The molecule has 124 valence electrons. The van der Waals surface area contributed by atoms with Crippen molar-refractivity contribution in [2.24, 2.45) is 0 Å². The molecule has 4 rings (SSSR count). The molecular formula is C20H18N4O. The molecule has 25 heavy (non-hydrogen) atoms. The molecule has 0 saturated heterocycles. The normalized spacial score (nSPS) is 10.9. The van der Waals surface area contributed by atoms with Crippen LogP contribution >= 0.6 is 0 Å². The molecule has 0 saturated carbocycles. The third kappa shape index (κ3) is 2.92. The van der Waals surface area contributed by atoms with Gasteiger partial charge in [0.15, 0.2) is 0 Å². The van der Waals surface area contributed by atoms with Crippen molar-refractivity contribution in [1.29, 1.82) is 0 Å². The maximum Gasteiger partial charge on any atom is 0.323 e. The molecule has 5 heteroatoms. The molecule has 0 aliphatic rings. The monoisotopic (exact) mass is 330 g/mol. The van der Waals surface area contributed by atoms with Gasteiger partial charge >= 0.3 is 6.03 Å². The van der Waals surface area contributed by atoms with Crippen LogP contribution in [0.5, 0.6) is 0 Å². The summed E-state index contributed by atoms with van der Waals surface area (Å²) >= 11 is 0. The molecule has 0 spiro atoms. The van der Waals surface area contributed by atoms with Crippen molar-refractivity contribution in [3.05, 3.63) is 67.0 Å². The van der Waals surface area contributed by atoms with Gasteiger partial charge in [-0.25, -0.2) is 4.79 Å². The third-order valence-electron chi connectivity index (χ3n) is 4.27. The number of carbonyl (C=O) groups excluding carboxylic acids is 1. The minimum Gasteiger partial charge on any atom is -0.348 e. The predicted octanol–water partition coefficient (Wildman–Crippen LogP) is 4.85. The Morgan fingerprint density at radius 2 is 1.96 bits per heavy atom. The van der Waals surface area contributed by atoms with Gasteiger partial charge in [0.05, 0.1) is 11.2 Å². The zero-order valence-corrected chi connectivity index (χ0v) is 13.9. The van der Waals surface area contributed by atoms with E-state index in [1.54, 1.807) is 12.3 Å². The number of fused-ring (bicyclic) bond motifs is 2. The molecule has 2 aromatic carbocycles. The van der Waals surface area contributed by atoms with Gasteiger partial charge in [0.2, 0.25) is 0 Å². The molecule has 2 aromatic heterocycles. The second kappa shape index (κ2) is 6.28. The Kier molecular flexibility index (Phi) is 3.82. The highest BCUT2D eigenvalue weighted by atomic mass is 16.2. The van der Waals surface area contributed by atoms with Crippen molar-refractivity contribution in [2.45, 2.75) is 13.5 Å². The number of nitrogens with one attached hydrogen (secondary N) is 2. The van der Waals surface area contributed by atoms with Crippen LogP contribution in [0, 0.1) is 0 Å². The van der Waals surface area contributed by atoms with Gasteiger partial charge in [-0.2, -0.15) is 0 Å².